The molecule has 0 atom stereocenters. The van der Waals surface area contributed by atoms with Gasteiger partial charge in [-0.3, -0.25) is 14.4 Å². The molecule has 0 radical (unpaired) electrons. The second-order valence-electron chi connectivity index (χ2n) is 6.44. The standard InChI is InChI=1S/C22H20N4O4/c1-30-19-9-7-17(8-10-19)25-22(29)15-4-2-6-18(12-15)24-20(27)14-26-11-3-5-16(13-26)21(23)28/h2-13H,14H2,1H3,(H3-,23,24,25,27,28,29)/p+1. The molecule has 0 aliphatic carbocycles. The molecule has 3 rings (SSSR count). The molecule has 8 heteroatoms. The molecule has 0 aliphatic rings. The topological polar surface area (TPSA) is 114 Å². The first-order valence-electron chi connectivity index (χ1n) is 9.09. The van der Waals surface area contributed by atoms with E-state index in [1.54, 1.807) is 78.5 Å². The Labute approximate surface area is 173 Å². The van der Waals surface area contributed by atoms with E-state index < -0.39 is 5.91 Å². The third kappa shape index (κ3) is 5.41. The van der Waals surface area contributed by atoms with Crippen LogP contribution < -0.4 is 25.7 Å². The first kappa shape index (κ1) is 20.5. The first-order chi connectivity index (χ1) is 14.4. The molecular formula is C22H21N4O4+. The molecule has 3 aromatic rings. The van der Waals surface area contributed by atoms with Crippen LogP contribution in [0.3, 0.4) is 0 Å². The second-order valence-corrected chi connectivity index (χ2v) is 6.44. The summed E-state index contributed by atoms with van der Waals surface area (Å²) in [5.74, 6) is -0.494. The number of carbonyl (C=O) groups is 3. The zero-order chi connectivity index (χ0) is 21.5. The highest BCUT2D eigenvalue weighted by Crippen LogP contribution is 2.17. The molecule has 0 fully saturated rings. The zero-order valence-corrected chi connectivity index (χ0v) is 16.3. The summed E-state index contributed by atoms with van der Waals surface area (Å²) in [7, 11) is 1.57. The Morgan fingerprint density at radius 3 is 2.37 bits per heavy atom. The third-order valence-corrected chi connectivity index (χ3v) is 4.23. The number of nitrogens with one attached hydrogen (secondary N) is 2. The van der Waals surface area contributed by atoms with Crippen molar-refractivity contribution in [2.45, 2.75) is 6.54 Å². The molecular weight excluding hydrogens is 384 g/mol. The van der Waals surface area contributed by atoms with Crippen molar-refractivity contribution in [1.29, 1.82) is 0 Å². The number of pyridine rings is 1. The van der Waals surface area contributed by atoms with Crippen LogP contribution in [0, 0.1) is 0 Å². The Morgan fingerprint density at radius 2 is 1.67 bits per heavy atom. The van der Waals surface area contributed by atoms with E-state index in [0.29, 0.717) is 28.3 Å². The third-order valence-electron chi connectivity index (χ3n) is 4.23. The molecule has 1 heterocycles. The van der Waals surface area contributed by atoms with Gasteiger partial charge in [-0.1, -0.05) is 6.07 Å². The molecule has 0 spiro atoms. The fourth-order valence-corrected chi connectivity index (χ4v) is 2.75. The van der Waals surface area contributed by atoms with Crippen molar-refractivity contribution >= 4 is 29.1 Å². The lowest BCUT2D eigenvalue weighted by Gasteiger charge is -2.08. The minimum Gasteiger partial charge on any atom is -0.497 e. The van der Waals surface area contributed by atoms with E-state index in [2.05, 4.69) is 10.6 Å². The molecule has 152 valence electrons. The number of amides is 3. The van der Waals surface area contributed by atoms with Gasteiger partial charge in [-0.15, -0.1) is 0 Å². The van der Waals surface area contributed by atoms with Gasteiger partial charge in [-0.2, -0.15) is 4.57 Å². The quantitative estimate of drug-likeness (QED) is 0.521. The maximum Gasteiger partial charge on any atom is 0.290 e. The van der Waals surface area contributed by atoms with Crippen molar-refractivity contribution < 1.29 is 23.7 Å². The van der Waals surface area contributed by atoms with Gasteiger partial charge in [0.05, 0.1) is 7.11 Å². The van der Waals surface area contributed by atoms with Gasteiger partial charge in [0.25, 0.3) is 17.7 Å². The van der Waals surface area contributed by atoms with Gasteiger partial charge >= 0.3 is 0 Å². The summed E-state index contributed by atoms with van der Waals surface area (Å²) < 4.78 is 6.65. The summed E-state index contributed by atoms with van der Waals surface area (Å²) in [6.45, 7) is -0.0105. The van der Waals surface area contributed by atoms with Crippen molar-refractivity contribution in [1.82, 2.24) is 0 Å². The Morgan fingerprint density at radius 1 is 0.933 bits per heavy atom. The predicted octanol–water partition coefficient (Wildman–Crippen LogP) is 1.97. The smallest absolute Gasteiger partial charge is 0.290 e. The van der Waals surface area contributed by atoms with Crippen LogP contribution in [-0.2, 0) is 11.3 Å². The number of hydrogen-bond acceptors (Lipinski definition) is 4. The van der Waals surface area contributed by atoms with E-state index in [-0.39, 0.29) is 18.4 Å². The fraction of sp³-hybridized carbons (Fsp3) is 0.0909. The number of anilines is 2. The maximum atomic E-state index is 12.5. The number of nitrogens with zero attached hydrogens (tertiary/aromatic N) is 1. The highest BCUT2D eigenvalue weighted by molar-refractivity contribution is 6.05. The Hall–Kier alpha value is -4.20. The summed E-state index contributed by atoms with van der Waals surface area (Å²) in [4.78, 5) is 36.1. The Kier molecular flexibility index (Phi) is 6.39. The number of primary amides is 1. The summed E-state index contributed by atoms with van der Waals surface area (Å²) in [6, 6.07) is 16.8. The molecule has 2 aromatic carbocycles. The Balaban J connectivity index is 1.64. The van der Waals surface area contributed by atoms with Crippen LogP contribution in [0.15, 0.2) is 73.1 Å². The first-order valence-corrected chi connectivity index (χ1v) is 9.09. The number of methoxy groups -OCH3 is 1. The van der Waals surface area contributed by atoms with Gasteiger partial charge in [-0.05, 0) is 48.5 Å². The molecule has 0 saturated heterocycles. The van der Waals surface area contributed by atoms with Crippen LogP contribution in [-0.4, -0.2) is 24.8 Å². The lowest BCUT2D eigenvalue weighted by molar-refractivity contribution is -0.684. The molecule has 0 bridgehead atoms. The molecule has 0 saturated carbocycles. The minimum absolute atomic E-state index is 0.0105. The monoisotopic (exact) mass is 405 g/mol. The number of hydrogen-bond donors (Lipinski definition) is 3. The van der Waals surface area contributed by atoms with E-state index in [1.165, 1.54) is 6.20 Å². The van der Waals surface area contributed by atoms with Crippen molar-refractivity contribution in [3.8, 4) is 5.75 Å². The minimum atomic E-state index is -0.569. The number of carbonyl (C=O) groups excluding carboxylic acids is 3. The van der Waals surface area contributed by atoms with Crippen LogP contribution >= 0.6 is 0 Å². The van der Waals surface area contributed by atoms with E-state index in [4.69, 9.17) is 10.5 Å². The Bertz CT molecular complexity index is 1080. The molecule has 0 aliphatic heterocycles. The lowest BCUT2D eigenvalue weighted by Crippen LogP contribution is -2.40. The van der Waals surface area contributed by atoms with E-state index in [9.17, 15) is 14.4 Å². The van der Waals surface area contributed by atoms with Crippen molar-refractivity contribution in [2.75, 3.05) is 17.7 Å². The number of aromatic nitrogens is 1. The summed E-state index contributed by atoms with van der Waals surface area (Å²) >= 11 is 0. The average Bonchev–Trinajstić information content (AvgIpc) is 2.74. The van der Waals surface area contributed by atoms with E-state index >= 15 is 0 Å². The van der Waals surface area contributed by atoms with Gasteiger partial charge in [-0.25, -0.2) is 0 Å². The van der Waals surface area contributed by atoms with Crippen LogP contribution in [0.4, 0.5) is 11.4 Å². The van der Waals surface area contributed by atoms with Crippen molar-refractivity contribution in [3.63, 3.8) is 0 Å². The molecule has 8 nitrogen and oxygen atoms in total. The van der Waals surface area contributed by atoms with Gasteiger partial charge in [0, 0.05) is 23.0 Å². The number of benzene rings is 2. The molecule has 30 heavy (non-hydrogen) atoms. The highest BCUT2D eigenvalue weighted by atomic mass is 16.5. The van der Waals surface area contributed by atoms with Gasteiger partial charge < -0.3 is 21.1 Å². The van der Waals surface area contributed by atoms with Crippen LogP contribution in [0.1, 0.15) is 20.7 Å². The van der Waals surface area contributed by atoms with E-state index in [0.717, 1.165) is 0 Å². The molecule has 3 amide bonds. The summed E-state index contributed by atoms with van der Waals surface area (Å²) in [5.41, 5.74) is 7.06. The van der Waals surface area contributed by atoms with Gasteiger partial charge in [0.2, 0.25) is 6.54 Å². The number of ether oxygens (including phenoxy) is 1. The SMILES string of the molecule is COc1ccc(NC(=O)c2cccc(NC(=O)C[n+]3cccc(C(N)=O)c3)c2)cc1. The molecule has 1 aromatic heterocycles. The van der Waals surface area contributed by atoms with Gasteiger partial charge in [0.15, 0.2) is 12.4 Å². The predicted molar refractivity (Wildman–Crippen MR) is 111 cm³/mol. The highest BCUT2D eigenvalue weighted by Gasteiger charge is 2.13. The summed E-state index contributed by atoms with van der Waals surface area (Å²) in [5, 5.41) is 5.53. The van der Waals surface area contributed by atoms with Crippen LogP contribution in [0.2, 0.25) is 0 Å². The van der Waals surface area contributed by atoms with Crippen molar-refractivity contribution in [2.24, 2.45) is 5.73 Å². The van der Waals surface area contributed by atoms with Crippen molar-refractivity contribution in [3.05, 3.63) is 84.2 Å². The largest absolute Gasteiger partial charge is 0.497 e. The van der Waals surface area contributed by atoms with Crippen LogP contribution in [0.5, 0.6) is 5.75 Å². The average molecular weight is 405 g/mol. The van der Waals surface area contributed by atoms with E-state index in [1.807, 2.05) is 0 Å². The van der Waals surface area contributed by atoms with Gasteiger partial charge in [0.1, 0.15) is 11.3 Å². The lowest BCUT2D eigenvalue weighted by atomic mass is 10.1. The summed E-state index contributed by atoms with van der Waals surface area (Å²) in [6.07, 6.45) is 3.16. The number of rotatable bonds is 7. The second kappa shape index (κ2) is 9.33. The fourth-order valence-electron chi connectivity index (χ4n) is 2.75. The zero-order valence-electron chi connectivity index (χ0n) is 16.3. The maximum absolute atomic E-state index is 12.5. The van der Waals surface area contributed by atoms with Crippen LogP contribution in [0.25, 0.3) is 0 Å². The normalized spacial score (nSPS) is 10.2. The number of nitrogens with two attached hydrogens (primary N) is 1. The molecule has 0 unspecified atom stereocenters. The molecule has 4 N–H and O–H groups in total.